The van der Waals surface area contributed by atoms with Crippen LogP contribution < -0.4 is 5.32 Å². The summed E-state index contributed by atoms with van der Waals surface area (Å²) in [6.07, 6.45) is 0. The Morgan fingerprint density at radius 3 is 2.79 bits per heavy atom. The fraction of sp³-hybridized carbons (Fsp3) is 0.214. The van der Waals surface area contributed by atoms with Crippen molar-refractivity contribution in [2.24, 2.45) is 0 Å². The summed E-state index contributed by atoms with van der Waals surface area (Å²) in [7, 11) is 3.19. The minimum absolute atomic E-state index is 0.0897. The van der Waals surface area contributed by atoms with Gasteiger partial charge in [0.1, 0.15) is 5.76 Å². The highest BCUT2D eigenvalue weighted by atomic mass is 127. The highest BCUT2D eigenvalue weighted by Crippen LogP contribution is 2.25. The van der Waals surface area contributed by atoms with Gasteiger partial charge >= 0.3 is 5.97 Å². The molecule has 0 fully saturated rings. The van der Waals surface area contributed by atoms with Gasteiger partial charge < -0.3 is 14.5 Å². The zero-order chi connectivity index (χ0) is 13.8. The Morgan fingerprint density at radius 1 is 1.37 bits per heavy atom. The van der Waals surface area contributed by atoms with E-state index in [-0.39, 0.29) is 11.8 Å². The molecule has 0 saturated heterocycles. The van der Waals surface area contributed by atoms with E-state index in [0.29, 0.717) is 5.76 Å². The maximum Gasteiger partial charge on any atom is 0.373 e. The van der Waals surface area contributed by atoms with E-state index in [4.69, 9.17) is 4.42 Å². The molecule has 0 radical (unpaired) electrons. The largest absolute Gasteiger partial charge is 0.463 e. The van der Waals surface area contributed by atoms with Crippen molar-refractivity contribution in [3.8, 4) is 0 Å². The summed E-state index contributed by atoms with van der Waals surface area (Å²) in [5.74, 6) is 0.428. The Morgan fingerprint density at radius 2 is 2.16 bits per heavy atom. The van der Waals surface area contributed by atoms with Crippen molar-refractivity contribution < 1.29 is 13.9 Å². The minimum Gasteiger partial charge on any atom is -0.463 e. The van der Waals surface area contributed by atoms with Crippen LogP contribution >= 0.6 is 22.6 Å². The maximum absolute atomic E-state index is 11.4. The second-order valence-electron chi connectivity index (χ2n) is 3.97. The number of ether oxygens (including phenoxy) is 1. The molecule has 1 aromatic heterocycles. The Bertz CT molecular complexity index is 580. The molecule has 1 N–H and O–H groups in total. The Hall–Kier alpha value is -1.34. The number of carbonyl (C=O) groups is 1. The van der Waals surface area contributed by atoms with Gasteiger partial charge in [-0.3, -0.25) is 0 Å². The third kappa shape index (κ3) is 3.16. The van der Waals surface area contributed by atoms with Crippen molar-refractivity contribution >= 4 is 28.6 Å². The SMILES string of the molecule is CNC(c1cccc(I)c1)c1ccc(C(=O)OC)o1. The standard InChI is InChI=1S/C14H14INO3/c1-16-13(9-4-3-5-10(15)8-9)11-6-7-12(19-11)14(17)18-2/h3-8,13,16H,1-2H3. The summed E-state index contributed by atoms with van der Waals surface area (Å²) in [4.78, 5) is 11.4. The fourth-order valence-corrected chi connectivity index (χ4v) is 2.44. The number of halogens is 1. The molecular formula is C14H14INO3. The van der Waals surface area contributed by atoms with Gasteiger partial charge in [0.15, 0.2) is 0 Å². The predicted molar refractivity (Wildman–Crippen MR) is 80.1 cm³/mol. The van der Waals surface area contributed by atoms with E-state index in [2.05, 4.69) is 38.7 Å². The van der Waals surface area contributed by atoms with E-state index >= 15 is 0 Å². The van der Waals surface area contributed by atoms with Gasteiger partial charge in [-0.25, -0.2) is 4.79 Å². The maximum atomic E-state index is 11.4. The molecule has 0 spiro atoms. The second kappa shape index (κ2) is 6.21. The highest BCUT2D eigenvalue weighted by Gasteiger charge is 2.19. The fourth-order valence-electron chi connectivity index (χ4n) is 1.88. The lowest BCUT2D eigenvalue weighted by molar-refractivity contribution is 0.0562. The Kier molecular flexibility index (Phi) is 4.60. The predicted octanol–water partition coefficient (Wildman–Crippen LogP) is 2.98. The minimum atomic E-state index is -0.469. The molecule has 0 amide bonds. The number of nitrogens with one attached hydrogen (secondary N) is 1. The van der Waals surface area contributed by atoms with Crippen LogP contribution in [0.25, 0.3) is 0 Å². The number of esters is 1. The van der Waals surface area contributed by atoms with E-state index in [1.165, 1.54) is 7.11 Å². The van der Waals surface area contributed by atoms with Crippen molar-refractivity contribution in [2.75, 3.05) is 14.2 Å². The summed E-state index contributed by atoms with van der Waals surface area (Å²) in [5.41, 5.74) is 1.08. The number of benzene rings is 1. The first kappa shape index (κ1) is 14.1. The number of hydrogen-bond donors (Lipinski definition) is 1. The third-order valence-electron chi connectivity index (χ3n) is 2.77. The van der Waals surface area contributed by atoms with Crippen molar-refractivity contribution in [1.82, 2.24) is 5.32 Å². The number of methoxy groups -OCH3 is 1. The van der Waals surface area contributed by atoms with Crippen molar-refractivity contribution in [1.29, 1.82) is 0 Å². The molecular weight excluding hydrogens is 357 g/mol. The molecule has 19 heavy (non-hydrogen) atoms. The molecule has 1 atom stereocenters. The quantitative estimate of drug-likeness (QED) is 0.663. The van der Waals surface area contributed by atoms with Gasteiger partial charge in [-0.05, 0) is 59.5 Å². The molecule has 0 aliphatic rings. The average Bonchev–Trinajstić information content (AvgIpc) is 2.88. The van der Waals surface area contributed by atoms with Crippen LogP contribution in [0.15, 0.2) is 40.8 Å². The number of hydrogen-bond acceptors (Lipinski definition) is 4. The van der Waals surface area contributed by atoms with Crippen LogP contribution in [0, 0.1) is 3.57 Å². The van der Waals surface area contributed by atoms with Crippen molar-refractivity contribution in [3.05, 3.63) is 57.1 Å². The molecule has 1 unspecified atom stereocenters. The van der Waals surface area contributed by atoms with Gasteiger partial charge in [-0.1, -0.05) is 12.1 Å². The summed E-state index contributed by atoms with van der Waals surface area (Å²) >= 11 is 2.26. The van der Waals surface area contributed by atoms with Crippen LogP contribution in [0.4, 0.5) is 0 Å². The van der Waals surface area contributed by atoms with E-state index in [1.54, 1.807) is 12.1 Å². The molecule has 100 valence electrons. The first-order chi connectivity index (χ1) is 9.15. The lowest BCUT2D eigenvalue weighted by Crippen LogP contribution is -2.17. The molecule has 0 saturated carbocycles. The smallest absolute Gasteiger partial charge is 0.373 e. The van der Waals surface area contributed by atoms with Crippen LogP contribution in [0.2, 0.25) is 0 Å². The summed E-state index contributed by atoms with van der Waals surface area (Å²) < 4.78 is 11.3. The van der Waals surface area contributed by atoms with Gasteiger partial charge in [0.05, 0.1) is 13.2 Å². The molecule has 0 bridgehead atoms. The van der Waals surface area contributed by atoms with E-state index in [1.807, 2.05) is 25.2 Å². The first-order valence-electron chi connectivity index (χ1n) is 5.76. The van der Waals surface area contributed by atoms with Gasteiger partial charge in [-0.2, -0.15) is 0 Å². The van der Waals surface area contributed by atoms with Crippen LogP contribution in [0.3, 0.4) is 0 Å². The van der Waals surface area contributed by atoms with Crippen LogP contribution in [0.5, 0.6) is 0 Å². The molecule has 2 aromatic rings. The number of carbonyl (C=O) groups excluding carboxylic acids is 1. The first-order valence-corrected chi connectivity index (χ1v) is 6.84. The monoisotopic (exact) mass is 371 g/mol. The summed E-state index contributed by atoms with van der Waals surface area (Å²) in [6, 6.07) is 11.4. The van der Waals surface area contributed by atoms with Crippen LogP contribution in [-0.4, -0.2) is 20.1 Å². The molecule has 1 aromatic carbocycles. The molecule has 0 aliphatic heterocycles. The van der Waals surface area contributed by atoms with E-state index < -0.39 is 5.97 Å². The number of furan rings is 1. The zero-order valence-electron chi connectivity index (χ0n) is 10.6. The molecule has 0 aliphatic carbocycles. The molecule has 4 nitrogen and oxygen atoms in total. The summed E-state index contributed by atoms with van der Waals surface area (Å²) in [6.45, 7) is 0. The molecule has 5 heteroatoms. The topological polar surface area (TPSA) is 51.5 Å². The van der Waals surface area contributed by atoms with Gasteiger partial charge in [0.2, 0.25) is 5.76 Å². The zero-order valence-corrected chi connectivity index (χ0v) is 12.8. The van der Waals surface area contributed by atoms with Gasteiger partial charge in [-0.15, -0.1) is 0 Å². The second-order valence-corrected chi connectivity index (χ2v) is 5.22. The third-order valence-corrected chi connectivity index (χ3v) is 3.44. The van der Waals surface area contributed by atoms with Crippen LogP contribution in [-0.2, 0) is 4.74 Å². The Labute approximate surface area is 125 Å². The van der Waals surface area contributed by atoms with Gasteiger partial charge in [0.25, 0.3) is 0 Å². The molecule has 1 heterocycles. The lowest BCUT2D eigenvalue weighted by Gasteiger charge is -2.14. The highest BCUT2D eigenvalue weighted by molar-refractivity contribution is 14.1. The van der Waals surface area contributed by atoms with Crippen molar-refractivity contribution in [2.45, 2.75) is 6.04 Å². The lowest BCUT2D eigenvalue weighted by atomic mass is 10.1. The van der Waals surface area contributed by atoms with Crippen molar-refractivity contribution in [3.63, 3.8) is 0 Å². The van der Waals surface area contributed by atoms with E-state index in [0.717, 1.165) is 9.13 Å². The average molecular weight is 371 g/mol. The Balaban J connectivity index is 2.32. The van der Waals surface area contributed by atoms with Gasteiger partial charge in [0, 0.05) is 3.57 Å². The number of rotatable bonds is 4. The van der Waals surface area contributed by atoms with Crippen LogP contribution in [0.1, 0.15) is 27.9 Å². The normalized spacial score (nSPS) is 12.2. The molecule has 2 rings (SSSR count). The van der Waals surface area contributed by atoms with E-state index in [9.17, 15) is 4.79 Å². The summed E-state index contributed by atoms with van der Waals surface area (Å²) in [5, 5.41) is 3.18.